The van der Waals surface area contributed by atoms with E-state index in [0.29, 0.717) is 23.3 Å². The first-order valence-corrected chi connectivity index (χ1v) is 12.5. The molecule has 2 aromatic heterocycles. The molecular formula is C29H33FN4O. The Hall–Kier alpha value is -3.28. The number of halogens is 1. The molecule has 5 nitrogen and oxygen atoms in total. The zero-order valence-electron chi connectivity index (χ0n) is 20.9. The van der Waals surface area contributed by atoms with Crippen LogP contribution in [0.1, 0.15) is 87.0 Å². The number of fused-ring (bicyclic) bond motifs is 2. The summed E-state index contributed by atoms with van der Waals surface area (Å²) in [5.41, 5.74) is 4.21. The van der Waals surface area contributed by atoms with E-state index in [4.69, 9.17) is 4.98 Å². The molecule has 1 saturated carbocycles. The van der Waals surface area contributed by atoms with Crippen molar-refractivity contribution in [3.8, 4) is 0 Å². The maximum absolute atomic E-state index is 13.9. The van der Waals surface area contributed by atoms with Crippen molar-refractivity contribution in [1.29, 1.82) is 0 Å². The molecule has 0 saturated heterocycles. The number of H-pyrrole nitrogens is 1. The fourth-order valence-corrected chi connectivity index (χ4v) is 5.45. The number of carbonyl (C=O) groups is 1. The van der Waals surface area contributed by atoms with Crippen molar-refractivity contribution >= 4 is 27.8 Å². The highest BCUT2D eigenvalue weighted by Gasteiger charge is 2.29. The third kappa shape index (κ3) is 4.93. The molecule has 182 valence electrons. The second-order valence-corrected chi connectivity index (χ2v) is 11.0. The Labute approximate surface area is 205 Å². The second kappa shape index (κ2) is 9.06. The molecule has 1 fully saturated rings. The average molecular weight is 473 g/mol. The Kier molecular flexibility index (Phi) is 6.07. The molecule has 1 amide bonds. The van der Waals surface area contributed by atoms with E-state index in [-0.39, 0.29) is 17.3 Å². The van der Waals surface area contributed by atoms with Gasteiger partial charge in [0.05, 0.1) is 16.6 Å². The molecule has 1 atom stereocenters. The number of nitrogens with one attached hydrogen (secondary N) is 2. The van der Waals surface area contributed by atoms with Gasteiger partial charge < -0.3 is 10.3 Å². The molecule has 2 aromatic carbocycles. The summed E-state index contributed by atoms with van der Waals surface area (Å²) in [7, 11) is 0. The summed E-state index contributed by atoms with van der Waals surface area (Å²) in [5.74, 6) is 1.93. The number of aromatic amines is 1. The summed E-state index contributed by atoms with van der Waals surface area (Å²) < 4.78 is 13.9. The SMILES string of the molecule is C[C@@H](c1nc2ccc(C(=O)NC(C)(C)C)cc2[nH]1)[C@H]1CC[C@@H](c2ccnc3ccc(F)cc32)CC1. The summed E-state index contributed by atoms with van der Waals surface area (Å²) in [5, 5.41) is 3.95. The van der Waals surface area contributed by atoms with Crippen LogP contribution in [0.4, 0.5) is 4.39 Å². The highest BCUT2D eigenvalue weighted by Crippen LogP contribution is 2.43. The van der Waals surface area contributed by atoms with Gasteiger partial charge in [0.2, 0.25) is 0 Å². The molecule has 0 radical (unpaired) electrons. The Morgan fingerprint density at radius 3 is 2.54 bits per heavy atom. The van der Waals surface area contributed by atoms with Gasteiger partial charge in [-0.25, -0.2) is 9.37 Å². The van der Waals surface area contributed by atoms with Crippen LogP contribution in [0.3, 0.4) is 0 Å². The molecule has 1 aliphatic carbocycles. The normalized spacial score (nSPS) is 19.7. The third-order valence-corrected chi connectivity index (χ3v) is 7.34. The van der Waals surface area contributed by atoms with Gasteiger partial charge >= 0.3 is 0 Å². The van der Waals surface area contributed by atoms with Crippen LogP contribution >= 0.6 is 0 Å². The minimum atomic E-state index is -0.282. The third-order valence-electron chi connectivity index (χ3n) is 7.34. The smallest absolute Gasteiger partial charge is 0.251 e. The van der Waals surface area contributed by atoms with Crippen LogP contribution in [0, 0.1) is 11.7 Å². The number of pyridine rings is 1. The number of rotatable bonds is 4. The highest BCUT2D eigenvalue weighted by atomic mass is 19.1. The Morgan fingerprint density at radius 2 is 1.80 bits per heavy atom. The molecule has 1 aliphatic rings. The van der Waals surface area contributed by atoms with Crippen LogP contribution in [-0.4, -0.2) is 26.4 Å². The van der Waals surface area contributed by atoms with Crippen LogP contribution in [0.25, 0.3) is 21.9 Å². The van der Waals surface area contributed by atoms with Gasteiger partial charge in [-0.2, -0.15) is 0 Å². The van der Waals surface area contributed by atoms with Crippen LogP contribution in [0.2, 0.25) is 0 Å². The van der Waals surface area contributed by atoms with E-state index in [1.807, 2.05) is 45.2 Å². The van der Waals surface area contributed by atoms with E-state index >= 15 is 0 Å². The Bertz CT molecular complexity index is 1380. The van der Waals surface area contributed by atoms with E-state index < -0.39 is 0 Å². The number of aromatic nitrogens is 3. The number of amides is 1. The van der Waals surface area contributed by atoms with Crippen molar-refractivity contribution in [2.75, 3.05) is 0 Å². The minimum Gasteiger partial charge on any atom is -0.347 e. The number of carbonyl (C=O) groups excluding carboxylic acids is 1. The van der Waals surface area contributed by atoms with Gasteiger partial charge in [0.1, 0.15) is 11.6 Å². The van der Waals surface area contributed by atoms with Crippen LogP contribution in [0.5, 0.6) is 0 Å². The fourth-order valence-electron chi connectivity index (χ4n) is 5.45. The van der Waals surface area contributed by atoms with Gasteiger partial charge in [0, 0.05) is 28.6 Å². The predicted octanol–water partition coefficient (Wildman–Crippen LogP) is 6.86. The average Bonchev–Trinajstić information content (AvgIpc) is 3.26. The lowest BCUT2D eigenvalue weighted by Crippen LogP contribution is -2.40. The molecule has 0 unspecified atom stereocenters. The summed E-state index contributed by atoms with van der Waals surface area (Å²) in [6, 6.07) is 12.6. The predicted molar refractivity (Wildman–Crippen MR) is 138 cm³/mol. The van der Waals surface area contributed by atoms with Crippen LogP contribution in [-0.2, 0) is 0 Å². The van der Waals surface area contributed by atoms with Crippen molar-refractivity contribution in [2.24, 2.45) is 5.92 Å². The molecule has 2 N–H and O–H groups in total. The number of nitrogens with zero attached hydrogens (tertiary/aromatic N) is 2. The van der Waals surface area contributed by atoms with E-state index in [1.54, 1.807) is 12.1 Å². The van der Waals surface area contributed by atoms with Crippen molar-refractivity contribution < 1.29 is 9.18 Å². The van der Waals surface area contributed by atoms with Crippen LogP contribution < -0.4 is 5.32 Å². The maximum atomic E-state index is 13.9. The molecule has 0 bridgehead atoms. The van der Waals surface area contributed by atoms with Gasteiger partial charge in [-0.05, 0) is 106 Å². The molecule has 35 heavy (non-hydrogen) atoms. The van der Waals surface area contributed by atoms with E-state index in [1.165, 1.54) is 11.6 Å². The van der Waals surface area contributed by atoms with E-state index in [0.717, 1.165) is 53.4 Å². The van der Waals surface area contributed by atoms with Crippen LogP contribution in [0.15, 0.2) is 48.7 Å². The van der Waals surface area contributed by atoms with Crippen molar-refractivity contribution in [1.82, 2.24) is 20.3 Å². The number of benzene rings is 2. The molecule has 4 aromatic rings. The lowest BCUT2D eigenvalue weighted by Gasteiger charge is -2.32. The van der Waals surface area contributed by atoms with Gasteiger partial charge in [-0.15, -0.1) is 0 Å². The van der Waals surface area contributed by atoms with Crippen molar-refractivity contribution in [2.45, 2.75) is 70.8 Å². The number of hydrogen-bond acceptors (Lipinski definition) is 3. The van der Waals surface area contributed by atoms with Gasteiger partial charge in [0.15, 0.2) is 0 Å². The van der Waals surface area contributed by atoms with E-state index in [2.05, 4.69) is 28.3 Å². The van der Waals surface area contributed by atoms with Gasteiger partial charge in [-0.1, -0.05) is 6.92 Å². The Morgan fingerprint density at radius 1 is 1.06 bits per heavy atom. The van der Waals surface area contributed by atoms with Gasteiger partial charge in [0.25, 0.3) is 5.91 Å². The molecule has 5 rings (SSSR count). The standard InChI is InChI=1S/C29H33FN4O/c1-17(27-32-25-11-9-20(15-26(25)33-27)28(35)34-29(2,3)4)18-5-7-19(8-6-18)22-13-14-31-24-12-10-21(30)16-23(22)24/h9-19H,5-8H2,1-4H3,(H,32,33)(H,34,35)/t17-,18-,19+/m1/s1. The zero-order valence-corrected chi connectivity index (χ0v) is 20.9. The quantitative estimate of drug-likeness (QED) is 0.341. The summed E-state index contributed by atoms with van der Waals surface area (Å²) >= 11 is 0. The molecule has 6 heteroatoms. The summed E-state index contributed by atoms with van der Waals surface area (Å²) in [6.07, 6.45) is 6.18. The largest absolute Gasteiger partial charge is 0.347 e. The fraction of sp³-hybridized carbons (Fsp3) is 0.414. The number of imidazole rings is 1. The Balaban J connectivity index is 1.29. The zero-order chi connectivity index (χ0) is 24.7. The molecule has 2 heterocycles. The summed E-state index contributed by atoms with van der Waals surface area (Å²) in [4.78, 5) is 25.3. The topological polar surface area (TPSA) is 70.7 Å². The van der Waals surface area contributed by atoms with E-state index in [9.17, 15) is 9.18 Å². The molecule has 0 spiro atoms. The molecule has 0 aliphatic heterocycles. The first kappa shape index (κ1) is 23.5. The first-order valence-electron chi connectivity index (χ1n) is 12.5. The first-order chi connectivity index (χ1) is 16.7. The second-order valence-electron chi connectivity index (χ2n) is 11.0. The van der Waals surface area contributed by atoms with Crippen molar-refractivity contribution in [3.63, 3.8) is 0 Å². The summed E-state index contributed by atoms with van der Waals surface area (Å²) in [6.45, 7) is 8.17. The minimum absolute atomic E-state index is 0.0783. The number of hydrogen-bond donors (Lipinski definition) is 2. The lowest BCUT2D eigenvalue weighted by molar-refractivity contribution is 0.0919. The maximum Gasteiger partial charge on any atom is 0.251 e. The highest BCUT2D eigenvalue weighted by molar-refractivity contribution is 5.97. The van der Waals surface area contributed by atoms with Gasteiger partial charge in [-0.3, -0.25) is 9.78 Å². The van der Waals surface area contributed by atoms with Crippen molar-refractivity contribution in [3.05, 3.63) is 71.4 Å². The lowest BCUT2D eigenvalue weighted by atomic mass is 9.73. The molecular weight excluding hydrogens is 439 g/mol. The monoisotopic (exact) mass is 472 g/mol.